The number of hydrogen-bond donors (Lipinski definition) is 2. The Morgan fingerprint density at radius 2 is 1.82 bits per heavy atom. The number of anilines is 1. The van der Waals surface area contributed by atoms with E-state index in [1.165, 1.54) is 37.7 Å². The highest BCUT2D eigenvalue weighted by molar-refractivity contribution is 6.05. The largest absolute Gasteiger partial charge is 0.481 e. The van der Waals surface area contributed by atoms with Gasteiger partial charge in [0.05, 0.1) is 7.11 Å². The van der Waals surface area contributed by atoms with Crippen molar-refractivity contribution in [2.24, 2.45) is 10.7 Å². The van der Waals surface area contributed by atoms with E-state index in [0.717, 1.165) is 11.1 Å². The van der Waals surface area contributed by atoms with Crippen LogP contribution in [0, 0.1) is 0 Å². The lowest BCUT2D eigenvalue weighted by Crippen LogP contribution is -2.22. The van der Waals surface area contributed by atoms with E-state index in [4.69, 9.17) is 10.5 Å². The number of carbonyl (C=O) groups excluding carboxylic acids is 1. The molecule has 0 saturated heterocycles. The molecule has 0 atom stereocenters. The number of pyridine rings is 2. The maximum atomic E-state index is 13.6. The Balaban J connectivity index is 1.50. The molecule has 0 aliphatic heterocycles. The first kappa shape index (κ1) is 25.9. The van der Waals surface area contributed by atoms with Crippen LogP contribution < -0.4 is 15.8 Å². The minimum atomic E-state index is -4.80. The molecule has 0 aliphatic carbocycles. The lowest BCUT2D eigenvalue weighted by atomic mass is 10.0. The number of hydrogen-bond acceptors (Lipinski definition) is 8. The van der Waals surface area contributed by atoms with E-state index in [0.29, 0.717) is 23.1 Å². The van der Waals surface area contributed by atoms with Gasteiger partial charge in [-0.15, -0.1) is 10.2 Å². The molecule has 0 aliphatic rings. The first-order valence-electron chi connectivity index (χ1n) is 11.0. The lowest BCUT2D eigenvalue weighted by Gasteiger charge is -2.09. The van der Waals surface area contributed by atoms with Gasteiger partial charge in [-0.1, -0.05) is 12.1 Å². The summed E-state index contributed by atoms with van der Waals surface area (Å²) in [6.07, 6.45) is 0.322. The first-order chi connectivity index (χ1) is 18.2. The summed E-state index contributed by atoms with van der Waals surface area (Å²) in [6.45, 7) is 0. The molecule has 0 spiro atoms. The summed E-state index contributed by atoms with van der Waals surface area (Å²) in [7, 11) is 1.51. The molecule has 0 radical (unpaired) electrons. The van der Waals surface area contributed by atoms with Gasteiger partial charge < -0.3 is 15.8 Å². The molecule has 12 heteroatoms. The number of aromatic nitrogens is 4. The number of nitrogens with one attached hydrogen (secondary N) is 1. The third kappa shape index (κ3) is 6.55. The molecule has 0 bridgehead atoms. The number of methoxy groups -OCH3 is 1. The van der Waals surface area contributed by atoms with E-state index in [-0.39, 0.29) is 17.3 Å². The van der Waals surface area contributed by atoms with Crippen LogP contribution in [0.25, 0.3) is 16.8 Å². The van der Waals surface area contributed by atoms with Gasteiger partial charge in [0.15, 0.2) is 11.6 Å². The Bertz CT molecular complexity index is 1470. The molecule has 0 saturated carbocycles. The number of nitrogens with zero attached hydrogens (tertiary/aromatic N) is 5. The zero-order chi connectivity index (χ0) is 27.1. The molecule has 1 amide bonds. The molecular formula is C26H20F3N7O2. The van der Waals surface area contributed by atoms with Crippen molar-refractivity contribution in [3.8, 4) is 17.0 Å². The summed E-state index contributed by atoms with van der Waals surface area (Å²) in [6, 6.07) is 15.9. The molecule has 192 valence electrons. The van der Waals surface area contributed by atoms with Gasteiger partial charge >= 0.3 is 6.18 Å². The highest BCUT2D eigenvalue weighted by Crippen LogP contribution is 2.24. The van der Waals surface area contributed by atoms with E-state index in [1.807, 2.05) is 12.1 Å². The first-order valence-corrected chi connectivity index (χ1v) is 11.0. The number of benzene rings is 1. The van der Waals surface area contributed by atoms with Crippen LogP contribution in [0.4, 0.5) is 24.8 Å². The Morgan fingerprint density at radius 3 is 2.45 bits per heavy atom. The second-order valence-corrected chi connectivity index (χ2v) is 7.74. The summed E-state index contributed by atoms with van der Waals surface area (Å²) >= 11 is 0. The fraction of sp³-hybridized carbons (Fsp3) is 0.0769. The molecule has 3 aromatic heterocycles. The van der Waals surface area contributed by atoms with Gasteiger partial charge in [-0.3, -0.25) is 9.78 Å². The second kappa shape index (κ2) is 11.3. The zero-order valence-electron chi connectivity index (χ0n) is 19.8. The van der Waals surface area contributed by atoms with Gasteiger partial charge in [0.1, 0.15) is 5.71 Å². The van der Waals surface area contributed by atoms with Gasteiger partial charge in [0.25, 0.3) is 5.91 Å². The fourth-order valence-corrected chi connectivity index (χ4v) is 3.22. The molecule has 4 rings (SSSR count). The summed E-state index contributed by atoms with van der Waals surface area (Å²) in [5, 5.41) is 10.0. The highest BCUT2D eigenvalue weighted by Gasteiger charge is 2.34. The lowest BCUT2D eigenvalue weighted by molar-refractivity contribution is -0.0576. The number of rotatable bonds is 7. The Labute approximate surface area is 215 Å². The van der Waals surface area contributed by atoms with Crippen LogP contribution in [-0.2, 0) is 0 Å². The minimum Gasteiger partial charge on any atom is -0.481 e. The van der Waals surface area contributed by atoms with Gasteiger partial charge in [-0.05, 0) is 54.1 Å². The average molecular weight is 519 g/mol. The topological polar surface area (TPSA) is 128 Å². The van der Waals surface area contributed by atoms with Crippen LogP contribution >= 0.6 is 0 Å². The Hall–Kier alpha value is -5.13. The SMILES string of the molecule is COc1ccc(-c2cccc(C(=O)Nc3ccc(N=C(C=C(N)c4cccnc4)C(F)(F)F)nn3)c2)cn1. The predicted octanol–water partition coefficient (Wildman–Crippen LogP) is 4.83. The molecule has 4 aromatic rings. The van der Waals surface area contributed by atoms with Crippen molar-refractivity contribution in [2.75, 3.05) is 12.4 Å². The summed E-state index contributed by atoms with van der Waals surface area (Å²) in [5.41, 5.74) is 6.52. The van der Waals surface area contributed by atoms with Crippen molar-refractivity contribution < 1.29 is 22.7 Å². The third-order valence-corrected chi connectivity index (χ3v) is 5.11. The maximum Gasteiger partial charge on any atom is 0.433 e. The number of carbonyl (C=O) groups is 1. The fourth-order valence-electron chi connectivity index (χ4n) is 3.22. The summed E-state index contributed by atoms with van der Waals surface area (Å²) in [5.74, 6) is -0.310. The van der Waals surface area contributed by atoms with Crippen LogP contribution in [0.5, 0.6) is 5.88 Å². The molecule has 3 heterocycles. The number of aliphatic imine (C=N–C) groups is 1. The average Bonchev–Trinajstić information content (AvgIpc) is 2.93. The van der Waals surface area contributed by atoms with E-state index in [2.05, 4.69) is 30.5 Å². The molecular weight excluding hydrogens is 499 g/mol. The molecule has 0 fully saturated rings. The van der Waals surface area contributed by atoms with Gasteiger partial charge in [-0.2, -0.15) is 13.2 Å². The van der Waals surface area contributed by atoms with Crippen LogP contribution in [0.2, 0.25) is 0 Å². The van der Waals surface area contributed by atoms with E-state index in [1.54, 1.807) is 36.5 Å². The van der Waals surface area contributed by atoms with Crippen LogP contribution in [0.15, 0.2) is 90.3 Å². The number of allylic oxidation sites excluding steroid dienone is 1. The van der Waals surface area contributed by atoms with Crippen molar-refractivity contribution in [1.82, 2.24) is 20.2 Å². The monoisotopic (exact) mass is 519 g/mol. The Kier molecular flexibility index (Phi) is 7.71. The summed E-state index contributed by atoms with van der Waals surface area (Å²) in [4.78, 5) is 24.3. The molecule has 1 aromatic carbocycles. The van der Waals surface area contributed by atoms with Crippen molar-refractivity contribution in [3.63, 3.8) is 0 Å². The molecule has 9 nitrogen and oxygen atoms in total. The third-order valence-electron chi connectivity index (χ3n) is 5.11. The number of nitrogens with two attached hydrogens (primary N) is 1. The van der Waals surface area contributed by atoms with Crippen molar-refractivity contribution >= 4 is 29.0 Å². The maximum absolute atomic E-state index is 13.6. The normalized spacial score (nSPS) is 12.2. The number of amides is 1. The van der Waals surface area contributed by atoms with Crippen molar-refractivity contribution in [3.05, 3.63) is 96.5 Å². The van der Waals surface area contributed by atoms with Gasteiger partial charge in [0, 0.05) is 47.0 Å². The number of halogens is 3. The molecule has 0 unspecified atom stereocenters. The van der Waals surface area contributed by atoms with Gasteiger partial charge in [-0.25, -0.2) is 9.98 Å². The quantitative estimate of drug-likeness (QED) is 0.335. The van der Waals surface area contributed by atoms with E-state index < -0.39 is 17.8 Å². The predicted molar refractivity (Wildman–Crippen MR) is 136 cm³/mol. The Morgan fingerprint density at radius 1 is 1.00 bits per heavy atom. The standard InChI is InChI=1S/C26H20F3N7O2/c1-38-24-10-7-18(15-32-24)16-4-2-5-17(12-16)25(37)34-23-9-8-22(35-36-23)33-21(26(27,28)29)13-20(30)19-6-3-11-31-14-19/h2-15H,30H2,1H3,(H,34,36,37). The van der Waals surface area contributed by atoms with Crippen LogP contribution in [-0.4, -0.2) is 45.1 Å². The van der Waals surface area contributed by atoms with Crippen LogP contribution in [0.1, 0.15) is 15.9 Å². The van der Waals surface area contributed by atoms with Crippen LogP contribution in [0.3, 0.4) is 0 Å². The van der Waals surface area contributed by atoms with Crippen molar-refractivity contribution in [1.29, 1.82) is 0 Å². The second-order valence-electron chi connectivity index (χ2n) is 7.74. The summed E-state index contributed by atoms with van der Waals surface area (Å²) < 4.78 is 45.7. The zero-order valence-corrected chi connectivity index (χ0v) is 19.8. The van der Waals surface area contributed by atoms with E-state index >= 15 is 0 Å². The molecule has 38 heavy (non-hydrogen) atoms. The van der Waals surface area contributed by atoms with Gasteiger partial charge in [0.2, 0.25) is 5.88 Å². The van der Waals surface area contributed by atoms with Crippen molar-refractivity contribution in [2.45, 2.75) is 6.18 Å². The smallest absolute Gasteiger partial charge is 0.433 e. The number of alkyl halides is 3. The highest BCUT2D eigenvalue weighted by atomic mass is 19.4. The van der Waals surface area contributed by atoms with E-state index in [9.17, 15) is 18.0 Å². The number of ether oxygens (including phenoxy) is 1. The molecule has 3 N–H and O–H groups in total. The minimum absolute atomic E-state index is 0.0319.